The predicted octanol–water partition coefficient (Wildman–Crippen LogP) is 3.75. The number of halogens is 1. The number of pyridine rings is 2. The third-order valence-corrected chi connectivity index (χ3v) is 6.64. The van der Waals surface area contributed by atoms with E-state index in [4.69, 9.17) is 0 Å². The average Bonchev–Trinajstić information content (AvgIpc) is 3.19. The summed E-state index contributed by atoms with van der Waals surface area (Å²) < 4.78 is 13.6. The summed E-state index contributed by atoms with van der Waals surface area (Å²) in [6, 6.07) is 14.7. The second-order valence-corrected chi connectivity index (χ2v) is 8.47. The van der Waals surface area contributed by atoms with Crippen molar-refractivity contribution in [3.05, 3.63) is 95.8 Å². The lowest BCUT2D eigenvalue weighted by molar-refractivity contribution is 0.0613. The van der Waals surface area contributed by atoms with Gasteiger partial charge >= 0.3 is 0 Å². The number of hydrogen-bond donors (Lipinski definition) is 0. The number of rotatable bonds is 4. The fourth-order valence-electron chi connectivity index (χ4n) is 5.15. The molecule has 2 aliphatic heterocycles. The normalized spacial score (nSPS) is 23.5. The van der Waals surface area contributed by atoms with Gasteiger partial charge in [0.05, 0.1) is 5.56 Å². The van der Waals surface area contributed by atoms with E-state index in [0.717, 1.165) is 31.6 Å². The van der Waals surface area contributed by atoms with Crippen LogP contribution in [-0.4, -0.2) is 51.4 Å². The number of benzene rings is 1. The van der Waals surface area contributed by atoms with Crippen LogP contribution in [0.1, 0.15) is 33.8 Å². The Bertz CT molecular complexity index is 1030. The quantitative estimate of drug-likeness (QED) is 0.650. The molecule has 158 valence electrons. The van der Waals surface area contributed by atoms with Crippen LogP contribution in [0, 0.1) is 11.7 Å². The molecule has 0 N–H and O–H groups in total. The molecule has 0 unspecified atom stereocenters. The number of amides is 1. The molecular formula is C25H25FN4O. The number of likely N-dealkylation sites (tertiary alicyclic amines) is 2. The molecule has 3 aromatic rings. The Kier molecular flexibility index (Phi) is 5.47. The maximum absolute atomic E-state index is 13.6. The van der Waals surface area contributed by atoms with E-state index < -0.39 is 0 Å². The minimum absolute atomic E-state index is 0.0373. The molecule has 31 heavy (non-hydrogen) atoms. The van der Waals surface area contributed by atoms with Gasteiger partial charge in [0.2, 0.25) is 0 Å². The van der Waals surface area contributed by atoms with Crippen molar-refractivity contribution in [2.24, 2.45) is 5.92 Å². The van der Waals surface area contributed by atoms with Gasteiger partial charge in [-0.25, -0.2) is 4.39 Å². The molecule has 2 saturated heterocycles. The summed E-state index contributed by atoms with van der Waals surface area (Å²) in [5, 5.41) is 0. The first-order valence-electron chi connectivity index (χ1n) is 10.8. The van der Waals surface area contributed by atoms with Gasteiger partial charge in [-0.05, 0) is 53.9 Å². The Morgan fingerprint density at radius 3 is 2.55 bits per heavy atom. The molecule has 2 aliphatic rings. The van der Waals surface area contributed by atoms with Crippen LogP contribution in [0.25, 0.3) is 0 Å². The Balaban J connectivity index is 1.41. The Morgan fingerprint density at radius 2 is 1.81 bits per heavy atom. The zero-order valence-electron chi connectivity index (χ0n) is 17.3. The minimum Gasteiger partial charge on any atom is -0.335 e. The SMILES string of the molecule is O=C(c1cccnc1)N1C[C@H](c2ccc(F)cc2)[C@H]2CN(Cc3ccncc3)CC[C@H]21. The van der Waals surface area contributed by atoms with Gasteiger partial charge in [0.1, 0.15) is 5.82 Å². The van der Waals surface area contributed by atoms with Crippen LogP contribution in [0.2, 0.25) is 0 Å². The summed E-state index contributed by atoms with van der Waals surface area (Å²) in [4.78, 5) is 26.0. The summed E-state index contributed by atoms with van der Waals surface area (Å²) in [6.07, 6.45) is 7.91. The van der Waals surface area contributed by atoms with E-state index in [2.05, 4.69) is 27.0 Å². The molecule has 0 bridgehead atoms. The fourth-order valence-corrected chi connectivity index (χ4v) is 5.15. The van der Waals surface area contributed by atoms with E-state index in [1.807, 2.05) is 35.5 Å². The standard InChI is InChI=1S/C25H25FN4O/c26-21-5-3-19(4-6-21)22-17-30(25(31)20-2-1-10-28-14-20)24-9-13-29(16-23(22)24)15-18-7-11-27-12-8-18/h1-8,10-12,14,22-24H,9,13,15-17H2/t22-,23-,24-/m1/s1. The Hall–Kier alpha value is -3.12. The molecule has 0 saturated carbocycles. The van der Waals surface area contributed by atoms with Gasteiger partial charge in [-0.2, -0.15) is 0 Å². The minimum atomic E-state index is -0.232. The van der Waals surface area contributed by atoms with Gasteiger partial charge in [0.15, 0.2) is 0 Å². The molecule has 0 aliphatic carbocycles. The summed E-state index contributed by atoms with van der Waals surface area (Å²) in [7, 11) is 0. The second-order valence-electron chi connectivity index (χ2n) is 8.47. The maximum Gasteiger partial charge on any atom is 0.255 e. The number of hydrogen-bond acceptors (Lipinski definition) is 4. The zero-order chi connectivity index (χ0) is 21.2. The highest BCUT2D eigenvalue weighted by Gasteiger charge is 2.47. The monoisotopic (exact) mass is 416 g/mol. The van der Waals surface area contributed by atoms with E-state index in [1.165, 1.54) is 17.7 Å². The van der Waals surface area contributed by atoms with E-state index in [-0.39, 0.29) is 23.7 Å². The van der Waals surface area contributed by atoms with Crippen LogP contribution in [0.4, 0.5) is 4.39 Å². The van der Waals surface area contributed by atoms with Crippen molar-refractivity contribution in [2.75, 3.05) is 19.6 Å². The summed E-state index contributed by atoms with van der Waals surface area (Å²) in [5.41, 5.74) is 2.97. The van der Waals surface area contributed by atoms with Gasteiger partial charge < -0.3 is 4.90 Å². The highest BCUT2D eigenvalue weighted by molar-refractivity contribution is 5.94. The predicted molar refractivity (Wildman–Crippen MR) is 116 cm³/mol. The van der Waals surface area contributed by atoms with Crippen LogP contribution in [-0.2, 0) is 6.54 Å². The lowest BCUT2D eigenvalue weighted by Crippen LogP contribution is -2.47. The molecule has 5 rings (SSSR count). The lowest BCUT2D eigenvalue weighted by Gasteiger charge is -2.39. The van der Waals surface area contributed by atoms with Gasteiger partial charge in [-0.3, -0.25) is 19.7 Å². The molecule has 0 spiro atoms. The van der Waals surface area contributed by atoms with Gasteiger partial charge in [0, 0.05) is 68.8 Å². The van der Waals surface area contributed by atoms with E-state index in [1.54, 1.807) is 18.5 Å². The number of fused-ring (bicyclic) bond motifs is 1. The number of piperidine rings is 1. The fraction of sp³-hybridized carbons (Fsp3) is 0.320. The van der Waals surface area contributed by atoms with Gasteiger partial charge in [-0.1, -0.05) is 12.1 Å². The smallest absolute Gasteiger partial charge is 0.255 e. The zero-order valence-corrected chi connectivity index (χ0v) is 17.3. The maximum atomic E-state index is 13.6. The van der Waals surface area contributed by atoms with E-state index in [9.17, 15) is 9.18 Å². The lowest BCUT2D eigenvalue weighted by atomic mass is 9.81. The number of aromatic nitrogens is 2. The summed E-state index contributed by atoms with van der Waals surface area (Å²) in [5.74, 6) is 0.299. The molecule has 6 heteroatoms. The average molecular weight is 417 g/mol. The van der Waals surface area contributed by atoms with Crippen molar-refractivity contribution in [1.29, 1.82) is 0 Å². The van der Waals surface area contributed by atoms with Crippen molar-refractivity contribution in [3.8, 4) is 0 Å². The van der Waals surface area contributed by atoms with Crippen LogP contribution < -0.4 is 0 Å². The molecule has 0 radical (unpaired) electrons. The van der Waals surface area contributed by atoms with Crippen LogP contribution in [0.15, 0.2) is 73.3 Å². The third kappa shape index (κ3) is 4.08. The largest absolute Gasteiger partial charge is 0.335 e. The number of nitrogens with zero attached hydrogens (tertiary/aromatic N) is 4. The topological polar surface area (TPSA) is 49.3 Å². The van der Waals surface area contributed by atoms with E-state index >= 15 is 0 Å². The Labute approximate surface area is 181 Å². The molecule has 4 heterocycles. The molecule has 1 amide bonds. The summed E-state index contributed by atoms with van der Waals surface area (Å²) in [6.45, 7) is 3.37. The van der Waals surface area contributed by atoms with Crippen LogP contribution in [0.3, 0.4) is 0 Å². The number of carbonyl (C=O) groups excluding carboxylic acids is 1. The van der Waals surface area contributed by atoms with Crippen molar-refractivity contribution in [3.63, 3.8) is 0 Å². The molecule has 5 nitrogen and oxygen atoms in total. The second kappa shape index (κ2) is 8.55. The molecule has 2 fully saturated rings. The Morgan fingerprint density at radius 1 is 1.00 bits per heavy atom. The van der Waals surface area contributed by atoms with Crippen molar-refractivity contribution in [1.82, 2.24) is 19.8 Å². The van der Waals surface area contributed by atoms with Crippen LogP contribution in [0.5, 0.6) is 0 Å². The van der Waals surface area contributed by atoms with E-state index in [0.29, 0.717) is 18.0 Å². The number of carbonyl (C=O) groups is 1. The first-order valence-corrected chi connectivity index (χ1v) is 10.8. The van der Waals surface area contributed by atoms with Gasteiger partial charge in [0.25, 0.3) is 5.91 Å². The van der Waals surface area contributed by atoms with Crippen molar-refractivity contribution < 1.29 is 9.18 Å². The first kappa shape index (κ1) is 19.8. The molecular weight excluding hydrogens is 391 g/mol. The first-order chi connectivity index (χ1) is 15.2. The third-order valence-electron chi connectivity index (χ3n) is 6.64. The summed E-state index contributed by atoms with van der Waals surface area (Å²) >= 11 is 0. The molecule has 3 atom stereocenters. The van der Waals surface area contributed by atoms with Crippen molar-refractivity contribution in [2.45, 2.75) is 24.9 Å². The highest BCUT2D eigenvalue weighted by Crippen LogP contribution is 2.42. The molecule has 1 aromatic carbocycles. The molecule has 2 aromatic heterocycles. The van der Waals surface area contributed by atoms with Crippen molar-refractivity contribution >= 4 is 5.91 Å². The van der Waals surface area contributed by atoms with Gasteiger partial charge in [-0.15, -0.1) is 0 Å². The highest BCUT2D eigenvalue weighted by atomic mass is 19.1. The van der Waals surface area contributed by atoms with Crippen LogP contribution >= 0.6 is 0 Å².